The fourth-order valence-corrected chi connectivity index (χ4v) is 2.75. The van der Waals surface area contributed by atoms with E-state index in [0.29, 0.717) is 0 Å². The van der Waals surface area contributed by atoms with E-state index in [2.05, 4.69) is 21.3 Å². The molecule has 0 aromatic heterocycles. The number of urea groups is 1. The summed E-state index contributed by atoms with van der Waals surface area (Å²) in [6.07, 6.45) is 3.21. The molecule has 108 valence electrons. The first-order valence-electron chi connectivity index (χ1n) is 6.90. The van der Waals surface area contributed by atoms with Crippen molar-refractivity contribution in [1.29, 1.82) is 0 Å². The van der Waals surface area contributed by atoms with E-state index < -0.39 is 6.09 Å². The monoisotopic (exact) mass is 270 g/mol. The van der Waals surface area contributed by atoms with Gasteiger partial charge in [0.1, 0.15) is 0 Å². The molecule has 0 spiro atoms. The summed E-state index contributed by atoms with van der Waals surface area (Å²) in [4.78, 5) is 22.3. The Hall–Kier alpha value is -1.50. The molecule has 3 amide bonds. The van der Waals surface area contributed by atoms with Gasteiger partial charge in [0.15, 0.2) is 0 Å². The van der Waals surface area contributed by atoms with Crippen molar-refractivity contribution in [3.05, 3.63) is 0 Å². The van der Waals surface area contributed by atoms with Crippen molar-refractivity contribution in [2.75, 3.05) is 13.1 Å². The topological polar surface area (TPSA) is 102 Å². The zero-order chi connectivity index (χ0) is 13.7. The van der Waals surface area contributed by atoms with Crippen molar-refractivity contribution in [2.24, 2.45) is 0 Å². The summed E-state index contributed by atoms with van der Waals surface area (Å²) >= 11 is 0. The molecule has 2 fully saturated rings. The molecule has 0 unspecified atom stereocenters. The molecule has 1 aliphatic carbocycles. The SMILES string of the molecule is O=C(O)NC1CCC(NC(=O)N[C@@H]2CCNC2)CC1. The number of rotatable bonds is 3. The van der Waals surface area contributed by atoms with Crippen molar-refractivity contribution in [2.45, 2.75) is 50.2 Å². The summed E-state index contributed by atoms with van der Waals surface area (Å²) in [6.45, 7) is 1.79. The van der Waals surface area contributed by atoms with Crippen LogP contribution in [0.15, 0.2) is 0 Å². The summed E-state index contributed by atoms with van der Waals surface area (Å²) < 4.78 is 0. The van der Waals surface area contributed by atoms with E-state index in [4.69, 9.17) is 5.11 Å². The maximum atomic E-state index is 11.8. The van der Waals surface area contributed by atoms with Gasteiger partial charge >= 0.3 is 12.1 Å². The normalized spacial score (nSPS) is 30.6. The first-order valence-corrected chi connectivity index (χ1v) is 6.90. The van der Waals surface area contributed by atoms with Gasteiger partial charge in [-0.15, -0.1) is 0 Å². The van der Waals surface area contributed by atoms with Crippen molar-refractivity contribution < 1.29 is 14.7 Å². The highest BCUT2D eigenvalue weighted by molar-refractivity contribution is 5.74. The summed E-state index contributed by atoms with van der Waals surface area (Å²) in [7, 11) is 0. The molecule has 1 heterocycles. The Morgan fingerprint density at radius 2 is 1.47 bits per heavy atom. The van der Waals surface area contributed by atoms with Gasteiger partial charge in [0.2, 0.25) is 0 Å². The van der Waals surface area contributed by atoms with E-state index in [1.807, 2.05) is 0 Å². The van der Waals surface area contributed by atoms with Gasteiger partial charge in [0, 0.05) is 24.7 Å². The fraction of sp³-hybridized carbons (Fsp3) is 0.833. The molecule has 19 heavy (non-hydrogen) atoms. The molecule has 1 saturated heterocycles. The Morgan fingerprint density at radius 1 is 0.895 bits per heavy atom. The highest BCUT2D eigenvalue weighted by Crippen LogP contribution is 2.18. The Kier molecular flexibility index (Phi) is 4.84. The highest BCUT2D eigenvalue weighted by atomic mass is 16.4. The van der Waals surface area contributed by atoms with Crippen LogP contribution in [0.4, 0.5) is 9.59 Å². The predicted molar refractivity (Wildman–Crippen MR) is 70.1 cm³/mol. The molecular weight excluding hydrogens is 248 g/mol. The van der Waals surface area contributed by atoms with Crippen LogP contribution in [-0.2, 0) is 0 Å². The second-order valence-corrected chi connectivity index (χ2v) is 5.31. The van der Waals surface area contributed by atoms with Crippen LogP contribution >= 0.6 is 0 Å². The Labute approximate surface area is 112 Å². The third-order valence-corrected chi connectivity index (χ3v) is 3.79. The van der Waals surface area contributed by atoms with Crippen LogP contribution in [-0.4, -0.2) is 48.4 Å². The number of carbonyl (C=O) groups is 2. The molecule has 5 N–H and O–H groups in total. The van der Waals surface area contributed by atoms with Gasteiger partial charge < -0.3 is 26.4 Å². The molecule has 0 aromatic rings. The van der Waals surface area contributed by atoms with Gasteiger partial charge in [-0.1, -0.05) is 0 Å². The minimum Gasteiger partial charge on any atom is -0.465 e. The number of amides is 3. The average molecular weight is 270 g/mol. The van der Waals surface area contributed by atoms with Crippen LogP contribution in [0.2, 0.25) is 0 Å². The highest BCUT2D eigenvalue weighted by Gasteiger charge is 2.24. The molecule has 2 aliphatic rings. The van der Waals surface area contributed by atoms with E-state index in [0.717, 1.165) is 45.2 Å². The van der Waals surface area contributed by atoms with E-state index in [1.54, 1.807) is 0 Å². The van der Waals surface area contributed by atoms with Crippen LogP contribution in [0.25, 0.3) is 0 Å². The third kappa shape index (κ3) is 4.59. The fourth-order valence-electron chi connectivity index (χ4n) is 2.75. The maximum Gasteiger partial charge on any atom is 0.404 e. The Morgan fingerprint density at radius 3 is 2.00 bits per heavy atom. The predicted octanol–water partition coefficient (Wildman–Crippen LogP) is 0.226. The second kappa shape index (κ2) is 6.60. The molecule has 0 aromatic carbocycles. The first-order chi connectivity index (χ1) is 9.13. The van der Waals surface area contributed by atoms with Gasteiger partial charge in [-0.05, 0) is 38.6 Å². The van der Waals surface area contributed by atoms with Crippen molar-refractivity contribution in [3.8, 4) is 0 Å². The molecule has 1 saturated carbocycles. The minimum atomic E-state index is -0.970. The zero-order valence-corrected chi connectivity index (χ0v) is 10.9. The van der Waals surface area contributed by atoms with Gasteiger partial charge in [0.25, 0.3) is 0 Å². The maximum absolute atomic E-state index is 11.8. The summed E-state index contributed by atoms with van der Waals surface area (Å²) in [5.74, 6) is 0. The van der Waals surface area contributed by atoms with Crippen LogP contribution in [0.3, 0.4) is 0 Å². The Bertz CT molecular complexity index is 323. The lowest BCUT2D eigenvalue weighted by Gasteiger charge is -2.29. The lowest BCUT2D eigenvalue weighted by Crippen LogP contribution is -2.49. The number of hydrogen-bond acceptors (Lipinski definition) is 3. The van der Waals surface area contributed by atoms with Gasteiger partial charge in [-0.25, -0.2) is 9.59 Å². The molecule has 7 heteroatoms. The van der Waals surface area contributed by atoms with Crippen molar-refractivity contribution in [3.63, 3.8) is 0 Å². The van der Waals surface area contributed by atoms with Crippen LogP contribution < -0.4 is 21.3 Å². The molecule has 2 rings (SSSR count). The van der Waals surface area contributed by atoms with Gasteiger partial charge in [-0.2, -0.15) is 0 Å². The van der Waals surface area contributed by atoms with E-state index >= 15 is 0 Å². The lowest BCUT2D eigenvalue weighted by atomic mass is 9.91. The Balaban J connectivity index is 1.64. The summed E-state index contributed by atoms with van der Waals surface area (Å²) in [5.41, 5.74) is 0. The zero-order valence-electron chi connectivity index (χ0n) is 10.9. The number of carbonyl (C=O) groups excluding carboxylic acids is 1. The molecule has 1 aliphatic heterocycles. The van der Waals surface area contributed by atoms with Crippen LogP contribution in [0, 0.1) is 0 Å². The van der Waals surface area contributed by atoms with E-state index in [1.165, 1.54) is 0 Å². The first kappa shape index (κ1) is 13.9. The minimum absolute atomic E-state index is 0.0256. The molecule has 0 radical (unpaired) electrons. The standard InChI is InChI=1S/C12H22N4O3/c17-11(15-10-5-6-13-7-10)14-8-1-3-9(4-2-8)16-12(18)19/h8-10,13,16H,1-7H2,(H,18,19)(H2,14,15,17)/t8?,9?,10-/m1/s1. The van der Waals surface area contributed by atoms with E-state index in [-0.39, 0.29) is 24.2 Å². The third-order valence-electron chi connectivity index (χ3n) is 3.79. The number of hydrogen-bond donors (Lipinski definition) is 5. The summed E-state index contributed by atoms with van der Waals surface area (Å²) in [5, 5.41) is 20.2. The van der Waals surface area contributed by atoms with E-state index in [9.17, 15) is 9.59 Å². The molecule has 7 nitrogen and oxygen atoms in total. The quantitative estimate of drug-likeness (QED) is 0.506. The van der Waals surface area contributed by atoms with Gasteiger partial charge in [-0.3, -0.25) is 0 Å². The second-order valence-electron chi connectivity index (χ2n) is 5.31. The lowest BCUT2D eigenvalue weighted by molar-refractivity contribution is 0.183. The summed E-state index contributed by atoms with van der Waals surface area (Å²) in [6, 6.07) is 0.298. The van der Waals surface area contributed by atoms with Crippen molar-refractivity contribution in [1.82, 2.24) is 21.3 Å². The van der Waals surface area contributed by atoms with Gasteiger partial charge in [0.05, 0.1) is 0 Å². The van der Waals surface area contributed by atoms with Crippen molar-refractivity contribution >= 4 is 12.1 Å². The number of nitrogens with one attached hydrogen (secondary N) is 4. The smallest absolute Gasteiger partial charge is 0.404 e. The largest absolute Gasteiger partial charge is 0.465 e. The average Bonchev–Trinajstić information content (AvgIpc) is 2.83. The molecule has 0 bridgehead atoms. The molecule has 1 atom stereocenters. The number of carboxylic acid groups (broad SMARTS) is 1. The van der Waals surface area contributed by atoms with Crippen LogP contribution in [0.5, 0.6) is 0 Å². The van der Waals surface area contributed by atoms with Crippen LogP contribution in [0.1, 0.15) is 32.1 Å². The molecular formula is C12H22N4O3.